The number of amides is 2. The molecule has 0 aliphatic rings. The summed E-state index contributed by atoms with van der Waals surface area (Å²) in [5.41, 5.74) is 1.25. The van der Waals surface area contributed by atoms with E-state index < -0.39 is 22.5 Å². The minimum absolute atomic E-state index is 0.0191. The van der Waals surface area contributed by atoms with Gasteiger partial charge in [-0.05, 0) is 66.7 Å². The highest BCUT2D eigenvalue weighted by Crippen LogP contribution is 2.27. The summed E-state index contributed by atoms with van der Waals surface area (Å²) < 4.78 is 27.6. The molecule has 3 aromatic carbocycles. The van der Waals surface area contributed by atoms with E-state index in [4.69, 9.17) is 23.2 Å². The molecule has 0 atom stereocenters. The van der Waals surface area contributed by atoms with Crippen molar-refractivity contribution in [3.63, 3.8) is 0 Å². The second-order valence-corrected chi connectivity index (χ2v) is 9.49. The van der Waals surface area contributed by atoms with Gasteiger partial charge >= 0.3 is 0 Å². The maximum atomic E-state index is 13.3. The standard InChI is InChI=1S/C22H19Cl2N3O4S/c1-15(28)25-18-7-9-19(10-8-18)26-22(29)14-27(20-4-2-3-17(24)13-20)32(30,31)21-11-5-16(23)6-12-21/h2-13H,14H2,1H3,(H,25,28)(H,26,29). The van der Waals surface area contributed by atoms with E-state index in [0.29, 0.717) is 21.4 Å². The van der Waals surface area contributed by atoms with Crippen molar-refractivity contribution in [1.29, 1.82) is 0 Å². The number of nitrogens with one attached hydrogen (secondary N) is 2. The number of hydrogen-bond donors (Lipinski definition) is 2. The third-order valence-corrected chi connectivity index (χ3v) is 6.55. The van der Waals surface area contributed by atoms with Crippen LogP contribution in [0.4, 0.5) is 17.1 Å². The first-order valence-electron chi connectivity index (χ1n) is 9.36. The van der Waals surface area contributed by atoms with Gasteiger partial charge in [-0.15, -0.1) is 0 Å². The van der Waals surface area contributed by atoms with E-state index in [1.54, 1.807) is 42.5 Å². The molecule has 32 heavy (non-hydrogen) atoms. The first kappa shape index (κ1) is 23.6. The van der Waals surface area contributed by atoms with Crippen LogP contribution in [0.1, 0.15) is 6.92 Å². The van der Waals surface area contributed by atoms with Crippen LogP contribution < -0.4 is 14.9 Å². The monoisotopic (exact) mass is 491 g/mol. The van der Waals surface area contributed by atoms with Gasteiger partial charge in [-0.3, -0.25) is 13.9 Å². The Hall–Kier alpha value is -3.07. The van der Waals surface area contributed by atoms with Crippen molar-refractivity contribution in [2.24, 2.45) is 0 Å². The Labute approximate surface area is 196 Å². The predicted molar refractivity (Wildman–Crippen MR) is 127 cm³/mol. The lowest BCUT2D eigenvalue weighted by Gasteiger charge is -2.24. The van der Waals surface area contributed by atoms with Gasteiger partial charge in [0.1, 0.15) is 6.54 Å². The van der Waals surface area contributed by atoms with Crippen LogP contribution in [0.5, 0.6) is 0 Å². The number of benzene rings is 3. The molecule has 7 nitrogen and oxygen atoms in total. The molecule has 3 rings (SSSR count). The van der Waals surface area contributed by atoms with Gasteiger partial charge in [0.05, 0.1) is 10.6 Å². The molecule has 3 aromatic rings. The summed E-state index contributed by atoms with van der Waals surface area (Å²) in [6.45, 7) is 0.903. The van der Waals surface area contributed by atoms with Crippen molar-refractivity contribution in [1.82, 2.24) is 0 Å². The third kappa shape index (κ3) is 6.00. The largest absolute Gasteiger partial charge is 0.326 e. The van der Waals surface area contributed by atoms with Gasteiger partial charge in [-0.1, -0.05) is 29.3 Å². The number of nitrogens with zero attached hydrogens (tertiary/aromatic N) is 1. The molecular weight excluding hydrogens is 473 g/mol. The van der Waals surface area contributed by atoms with Crippen LogP contribution in [0, 0.1) is 0 Å². The zero-order valence-corrected chi connectivity index (χ0v) is 19.2. The van der Waals surface area contributed by atoms with Crippen LogP contribution in [0.15, 0.2) is 77.7 Å². The molecule has 0 aliphatic carbocycles. The molecule has 0 saturated carbocycles. The summed E-state index contributed by atoms with van der Waals surface area (Å²) in [5.74, 6) is -0.777. The summed E-state index contributed by atoms with van der Waals surface area (Å²) in [4.78, 5) is 23.8. The fourth-order valence-electron chi connectivity index (χ4n) is 2.85. The van der Waals surface area contributed by atoms with Crippen molar-refractivity contribution < 1.29 is 18.0 Å². The number of hydrogen-bond acceptors (Lipinski definition) is 4. The highest BCUT2D eigenvalue weighted by molar-refractivity contribution is 7.92. The highest BCUT2D eigenvalue weighted by Gasteiger charge is 2.27. The zero-order chi connectivity index (χ0) is 23.3. The Bertz CT molecular complexity index is 1230. The minimum atomic E-state index is -4.09. The molecule has 10 heteroatoms. The van der Waals surface area contributed by atoms with E-state index in [-0.39, 0.29) is 16.5 Å². The second-order valence-electron chi connectivity index (χ2n) is 6.75. The molecule has 0 unspecified atom stereocenters. The number of halogens is 2. The maximum absolute atomic E-state index is 13.3. The third-order valence-electron chi connectivity index (χ3n) is 4.27. The second kappa shape index (κ2) is 10.0. The van der Waals surface area contributed by atoms with Gasteiger partial charge in [0.15, 0.2) is 0 Å². The molecule has 0 radical (unpaired) electrons. The molecule has 2 amide bonds. The summed E-state index contributed by atoms with van der Waals surface area (Å²) in [6, 6.07) is 18.3. The van der Waals surface area contributed by atoms with E-state index in [9.17, 15) is 18.0 Å². The van der Waals surface area contributed by atoms with E-state index in [1.165, 1.54) is 37.3 Å². The molecule has 0 heterocycles. The summed E-state index contributed by atoms with van der Waals surface area (Å²) in [5, 5.41) is 6.00. The normalized spacial score (nSPS) is 11.0. The number of carbonyl (C=O) groups is 2. The lowest BCUT2D eigenvalue weighted by molar-refractivity contribution is -0.115. The van der Waals surface area contributed by atoms with E-state index in [1.807, 2.05) is 0 Å². The van der Waals surface area contributed by atoms with Gasteiger partial charge in [0, 0.05) is 28.3 Å². The first-order chi connectivity index (χ1) is 15.1. The minimum Gasteiger partial charge on any atom is -0.326 e. The molecular formula is C22H19Cl2N3O4S. The maximum Gasteiger partial charge on any atom is 0.264 e. The highest BCUT2D eigenvalue weighted by atomic mass is 35.5. The summed E-state index contributed by atoms with van der Waals surface area (Å²) in [7, 11) is -4.09. The number of carbonyl (C=O) groups excluding carboxylic acids is 2. The lowest BCUT2D eigenvalue weighted by Crippen LogP contribution is -2.38. The van der Waals surface area contributed by atoms with E-state index in [2.05, 4.69) is 10.6 Å². The number of anilines is 3. The number of rotatable bonds is 7. The van der Waals surface area contributed by atoms with Crippen LogP contribution >= 0.6 is 23.2 Å². The van der Waals surface area contributed by atoms with Crippen molar-refractivity contribution in [2.45, 2.75) is 11.8 Å². The number of sulfonamides is 1. The molecule has 0 saturated heterocycles. The fraction of sp³-hybridized carbons (Fsp3) is 0.0909. The van der Waals surface area contributed by atoms with Crippen molar-refractivity contribution in [3.8, 4) is 0 Å². The fourth-order valence-corrected chi connectivity index (χ4v) is 4.57. The average Bonchev–Trinajstić information content (AvgIpc) is 2.73. The van der Waals surface area contributed by atoms with Gasteiger partial charge in [-0.25, -0.2) is 8.42 Å². The van der Waals surface area contributed by atoms with Crippen molar-refractivity contribution in [2.75, 3.05) is 21.5 Å². The van der Waals surface area contributed by atoms with Crippen LogP contribution in [-0.4, -0.2) is 26.8 Å². The lowest BCUT2D eigenvalue weighted by atomic mass is 10.2. The molecule has 0 spiro atoms. The predicted octanol–water partition coefficient (Wildman–Crippen LogP) is 4.79. The Morgan fingerprint density at radius 1 is 0.844 bits per heavy atom. The van der Waals surface area contributed by atoms with Crippen LogP contribution in [0.2, 0.25) is 10.0 Å². The van der Waals surface area contributed by atoms with Crippen LogP contribution in [0.25, 0.3) is 0 Å². The van der Waals surface area contributed by atoms with Gasteiger partial charge in [-0.2, -0.15) is 0 Å². The van der Waals surface area contributed by atoms with Gasteiger partial charge in [0.25, 0.3) is 10.0 Å². The Morgan fingerprint density at radius 2 is 1.44 bits per heavy atom. The topological polar surface area (TPSA) is 95.6 Å². The van der Waals surface area contributed by atoms with Crippen molar-refractivity contribution >= 4 is 62.1 Å². The zero-order valence-electron chi connectivity index (χ0n) is 16.9. The molecule has 0 fully saturated rings. The molecule has 2 N–H and O–H groups in total. The smallest absolute Gasteiger partial charge is 0.264 e. The summed E-state index contributed by atoms with van der Waals surface area (Å²) >= 11 is 11.9. The first-order valence-corrected chi connectivity index (χ1v) is 11.6. The van der Waals surface area contributed by atoms with Gasteiger partial charge in [0.2, 0.25) is 11.8 Å². The van der Waals surface area contributed by atoms with E-state index in [0.717, 1.165) is 4.31 Å². The molecule has 0 aromatic heterocycles. The molecule has 0 aliphatic heterocycles. The average molecular weight is 492 g/mol. The van der Waals surface area contributed by atoms with Crippen molar-refractivity contribution in [3.05, 3.63) is 82.8 Å². The molecule has 166 valence electrons. The quantitative estimate of drug-likeness (QED) is 0.496. The Kier molecular flexibility index (Phi) is 7.40. The molecule has 0 bridgehead atoms. The Balaban J connectivity index is 1.86. The van der Waals surface area contributed by atoms with E-state index >= 15 is 0 Å². The summed E-state index contributed by atoms with van der Waals surface area (Å²) in [6.07, 6.45) is 0. The SMILES string of the molecule is CC(=O)Nc1ccc(NC(=O)CN(c2cccc(Cl)c2)S(=O)(=O)c2ccc(Cl)cc2)cc1. The van der Waals surface area contributed by atoms with Crippen LogP contribution in [-0.2, 0) is 19.6 Å². The van der Waals surface area contributed by atoms with Gasteiger partial charge < -0.3 is 10.6 Å². The Morgan fingerprint density at radius 3 is 2.00 bits per heavy atom. The van der Waals surface area contributed by atoms with Crippen LogP contribution in [0.3, 0.4) is 0 Å².